The second-order valence-electron chi connectivity index (χ2n) is 5.36. The van der Waals surface area contributed by atoms with Crippen LogP contribution < -0.4 is 10.1 Å². The minimum Gasteiger partial charge on any atom is -0.439 e. The van der Waals surface area contributed by atoms with Crippen LogP contribution >= 0.6 is 0 Å². The van der Waals surface area contributed by atoms with Gasteiger partial charge in [-0.1, -0.05) is 38.1 Å². The third kappa shape index (κ3) is 4.35. The molecule has 0 aliphatic rings. The Morgan fingerprint density at radius 1 is 1.10 bits per heavy atom. The van der Waals surface area contributed by atoms with E-state index in [1.807, 2.05) is 49.4 Å². The quantitative estimate of drug-likeness (QED) is 0.863. The number of hydrogen-bond acceptors (Lipinski definition) is 3. The molecule has 1 N–H and O–H groups in total. The molecule has 1 aromatic heterocycles. The first-order chi connectivity index (χ1) is 9.65. The molecule has 3 nitrogen and oxygen atoms in total. The van der Waals surface area contributed by atoms with E-state index in [0.29, 0.717) is 11.8 Å². The van der Waals surface area contributed by atoms with E-state index in [-0.39, 0.29) is 0 Å². The van der Waals surface area contributed by atoms with E-state index in [2.05, 4.69) is 24.1 Å². The summed E-state index contributed by atoms with van der Waals surface area (Å²) in [5.41, 5.74) is 2.11. The summed E-state index contributed by atoms with van der Waals surface area (Å²) in [4.78, 5) is 4.52. The standard InChI is InChI=1S/C17H22N2O/c1-13(2)11-18-12-15-8-6-10-17(19-15)20-16-9-5-4-7-14(16)3/h4-10,13,18H,11-12H2,1-3H3. The zero-order chi connectivity index (χ0) is 14.4. The largest absolute Gasteiger partial charge is 0.439 e. The van der Waals surface area contributed by atoms with Gasteiger partial charge in [-0.25, -0.2) is 4.98 Å². The molecule has 0 bridgehead atoms. The van der Waals surface area contributed by atoms with Gasteiger partial charge < -0.3 is 10.1 Å². The number of benzene rings is 1. The lowest BCUT2D eigenvalue weighted by atomic mass is 10.2. The van der Waals surface area contributed by atoms with E-state index in [1.54, 1.807) is 0 Å². The van der Waals surface area contributed by atoms with Crippen LogP contribution in [-0.2, 0) is 6.54 Å². The monoisotopic (exact) mass is 270 g/mol. The van der Waals surface area contributed by atoms with E-state index in [9.17, 15) is 0 Å². The number of aryl methyl sites for hydroxylation is 1. The topological polar surface area (TPSA) is 34.1 Å². The summed E-state index contributed by atoms with van der Waals surface area (Å²) in [7, 11) is 0. The van der Waals surface area contributed by atoms with Gasteiger partial charge in [-0.05, 0) is 37.1 Å². The van der Waals surface area contributed by atoms with Crippen LogP contribution in [0, 0.1) is 12.8 Å². The smallest absolute Gasteiger partial charge is 0.219 e. The van der Waals surface area contributed by atoms with E-state index >= 15 is 0 Å². The molecule has 0 saturated carbocycles. The van der Waals surface area contributed by atoms with Crippen molar-refractivity contribution in [2.24, 2.45) is 5.92 Å². The molecule has 0 amide bonds. The number of nitrogens with one attached hydrogen (secondary N) is 1. The minimum atomic E-state index is 0.640. The number of nitrogens with zero attached hydrogens (tertiary/aromatic N) is 1. The van der Waals surface area contributed by atoms with Gasteiger partial charge in [0, 0.05) is 12.6 Å². The Labute approximate surface area is 121 Å². The number of ether oxygens (including phenoxy) is 1. The molecule has 0 fully saturated rings. The molecular weight excluding hydrogens is 248 g/mol. The number of rotatable bonds is 6. The van der Waals surface area contributed by atoms with Crippen LogP contribution in [0.5, 0.6) is 11.6 Å². The van der Waals surface area contributed by atoms with Crippen molar-refractivity contribution in [2.45, 2.75) is 27.3 Å². The summed E-state index contributed by atoms with van der Waals surface area (Å²) < 4.78 is 5.84. The Morgan fingerprint density at radius 3 is 2.65 bits per heavy atom. The average Bonchev–Trinajstić information content (AvgIpc) is 2.41. The molecule has 0 unspecified atom stereocenters. The third-order valence-electron chi connectivity index (χ3n) is 2.95. The zero-order valence-electron chi connectivity index (χ0n) is 12.4. The molecule has 2 aromatic rings. The summed E-state index contributed by atoms with van der Waals surface area (Å²) in [6.07, 6.45) is 0. The fraction of sp³-hybridized carbons (Fsp3) is 0.353. The van der Waals surface area contributed by atoms with Gasteiger partial charge in [-0.15, -0.1) is 0 Å². The van der Waals surface area contributed by atoms with Gasteiger partial charge >= 0.3 is 0 Å². The highest BCUT2D eigenvalue weighted by Gasteiger charge is 2.03. The number of aromatic nitrogens is 1. The van der Waals surface area contributed by atoms with Gasteiger partial charge in [0.1, 0.15) is 5.75 Å². The molecule has 106 valence electrons. The summed E-state index contributed by atoms with van der Waals surface area (Å²) in [6, 6.07) is 13.8. The molecule has 1 heterocycles. The van der Waals surface area contributed by atoms with Crippen molar-refractivity contribution in [1.82, 2.24) is 10.3 Å². The predicted octanol–water partition coefficient (Wildman–Crippen LogP) is 3.93. The molecule has 0 saturated heterocycles. The Balaban J connectivity index is 2.01. The van der Waals surface area contributed by atoms with Gasteiger partial charge in [0.25, 0.3) is 0 Å². The Morgan fingerprint density at radius 2 is 1.90 bits per heavy atom. The molecule has 3 heteroatoms. The first-order valence-corrected chi connectivity index (χ1v) is 7.05. The van der Waals surface area contributed by atoms with Crippen molar-refractivity contribution in [1.29, 1.82) is 0 Å². The summed E-state index contributed by atoms with van der Waals surface area (Å²) in [5.74, 6) is 2.14. The maximum Gasteiger partial charge on any atom is 0.219 e. The zero-order valence-corrected chi connectivity index (χ0v) is 12.4. The predicted molar refractivity (Wildman–Crippen MR) is 82.0 cm³/mol. The fourth-order valence-corrected chi connectivity index (χ4v) is 1.89. The Kier molecular flexibility index (Phi) is 5.13. The molecular formula is C17H22N2O. The first kappa shape index (κ1) is 14.5. The van der Waals surface area contributed by atoms with Gasteiger partial charge in [0.15, 0.2) is 0 Å². The van der Waals surface area contributed by atoms with Gasteiger partial charge in [0.2, 0.25) is 5.88 Å². The van der Waals surface area contributed by atoms with E-state index < -0.39 is 0 Å². The lowest BCUT2D eigenvalue weighted by Crippen LogP contribution is -2.19. The molecule has 0 spiro atoms. The molecule has 20 heavy (non-hydrogen) atoms. The molecule has 2 rings (SSSR count). The van der Waals surface area contributed by atoms with Crippen molar-refractivity contribution in [3.05, 3.63) is 53.7 Å². The molecule has 0 radical (unpaired) electrons. The SMILES string of the molecule is Cc1ccccc1Oc1cccc(CNCC(C)C)n1. The average molecular weight is 270 g/mol. The summed E-state index contributed by atoms with van der Waals surface area (Å²) in [5, 5.41) is 3.39. The van der Waals surface area contributed by atoms with Crippen molar-refractivity contribution >= 4 is 0 Å². The maximum atomic E-state index is 5.84. The van der Waals surface area contributed by atoms with E-state index in [0.717, 1.165) is 30.1 Å². The van der Waals surface area contributed by atoms with Crippen molar-refractivity contribution in [2.75, 3.05) is 6.54 Å². The van der Waals surface area contributed by atoms with Crippen LogP contribution in [-0.4, -0.2) is 11.5 Å². The molecule has 0 aliphatic carbocycles. The number of hydrogen-bond donors (Lipinski definition) is 1. The second kappa shape index (κ2) is 7.06. The van der Waals surface area contributed by atoms with Crippen molar-refractivity contribution in [3.8, 4) is 11.6 Å². The number of pyridine rings is 1. The van der Waals surface area contributed by atoms with Crippen molar-refractivity contribution in [3.63, 3.8) is 0 Å². The maximum absolute atomic E-state index is 5.84. The van der Waals surface area contributed by atoms with Gasteiger partial charge in [-0.2, -0.15) is 0 Å². The lowest BCUT2D eigenvalue weighted by molar-refractivity contribution is 0.455. The van der Waals surface area contributed by atoms with Crippen LogP contribution in [0.3, 0.4) is 0 Å². The van der Waals surface area contributed by atoms with E-state index in [1.165, 1.54) is 0 Å². The van der Waals surface area contributed by atoms with Crippen LogP contribution in [0.4, 0.5) is 0 Å². The Bertz CT molecular complexity index is 552. The van der Waals surface area contributed by atoms with Crippen LogP contribution in [0.1, 0.15) is 25.1 Å². The summed E-state index contributed by atoms with van der Waals surface area (Å²) in [6.45, 7) is 8.17. The molecule has 0 atom stereocenters. The van der Waals surface area contributed by atoms with Gasteiger partial charge in [0.05, 0.1) is 5.69 Å². The molecule has 0 aliphatic heterocycles. The van der Waals surface area contributed by atoms with Crippen LogP contribution in [0.2, 0.25) is 0 Å². The Hall–Kier alpha value is -1.87. The fourth-order valence-electron chi connectivity index (χ4n) is 1.89. The first-order valence-electron chi connectivity index (χ1n) is 7.05. The lowest BCUT2D eigenvalue weighted by Gasteiger charge is -2.10. The van der Waals surface area contributed by atoms with Crippen molar-refractivity contribution < 1.29 is 4.74 Å². The number of para-hydroxylation sites is 1. The van der Waals surface area contributed by atoms with E-state index in [4.69, 9.17) is 4.74 Å². The van der Waals surface area contributed by atoms with Crippen LogP contribution in [0.25, 0.3) is 0 Å². The highest BCUT2D eigenvalue weighted by atomic mass is 16.5. The minimum absolute atomic E-state index is 0.640. The normalized spacial score (nSPS) is 10.8. The summed E-state index contributed by atoms with van der Waals surface area (Å²) >= 11 is 0. The highest BCUT2D eigenvalue weighted by molar-refractivity contribution is 5.35. The second-order valence-corrected chi connectivity index (χ2v) is 5.36. The highest BCUT2D eigenvalue weighted by Crippen LogP contribution is 2.22. The third-order valence-corrected chi connectivity index (χ3v) is 2.95. The molecule has 1 aromatic carbocycles. The van der Waals surface area contributed by atoms with Gasteiger partial charge in [-0.3, -0.25) is 0 Å². The van der Waals surface area contributed by atoms with Crippen LogP contribution in [0.15, 0.2) is 42.5 Å².